The standard InChI is InChI=1S/C11H10ClF3N2O3/c12-8-6-7(2-3-9(8)17(19)20)10(18)16-5-1-4-11(13,14)15/h2-3,6H,1,4-5H2,(H,16,18). The lowest BCUT2D eigenvalue weighted by molar-refractivity contribution is -0.384. The van der Waals surface area contributed by atoms with Gasteiger partial charge in [-0.05, 0) is 18.6 Å². The van der Waals surface area contributed by atoms with E-state index in [1.807, 2.05) is 0 Å². The zero-order valence-corrected chi connectivity index (χ0v) is 10.8. The van der Waals surface area contributed by atoms with Gasteiger partial charge in [0.1, 0.15) is 5.02 Å². The van der Waals surface area contributed by atoms with Gasteiger partial charge in [-0.1, -0.05) is 11.6 Å². The second-order valence-corrected chi connectivity index (χ2v) is 4.31. The van der Waals surface area contributed by atoms with Gasteiger partial charge < -0.3 is 5.32 Å². The minimum atomic E-state index is -4.26. The fourth-order valence-corrected chi connectivity index (χ4v) is 1.64. The fourth-order valence-electron chi connectivity index (χ4n) is 1.39. The number of alkyl halides is 3. The molecular formula is C11H10ClF3N2O3. The Balaban J connectivity index is 2.56. The molecule has 9 heteroatoms. The van der Waals surface area contributed by atoms with Crippen LogP contribution in [0, 0.1) is 10.1 Å². The number of hydrogen-bond acceptors (Lipinski definition) is 3. The van der Waals surface area contributed by atoms with E-state index in [0.29, 0.717) is 0 Å². The Labute approximate surface area is 116 Å². The quantitative estimate of drug-likeness (QED) is 0.515. The van der Waals surface area contributed by atoms with Crippen molar-refractivity contribution in [3.63, 3.8) is 0 Å². The number of amides is 1. The third-order valence-corrected chi connectivity index (χ3v) is 2.63. The van der Waals surface area contributed by atoms with Gasteiger partial charge in [0.15, 0.2) is 0 Å². The van der Waals surface area contributed by atoms with Gasteiger partial charge in [-0.2, -0.15) is 13.2 Å². The van der Waals surface area contributed by atoms with Crippen LogP contribution in [0.15, 0.2) is 18.2 Å². The lowest BCUT2D eigenvalue weighted by Crippen LogP contribution is -2.25. The summed E-state index contributed by atoms with van der Waals surface area (Å²) >= 11 is 5.62. The van der Waals surface area contributed by atoms with Crippen molar-refractivity contribution in [3.8, 4) is 0 Å². The van der Waals surface area contributed by atoms with Crippen LogP contribution in [0.5, 0.6) is 0 Å². The molecule has 1 amide bonds. The number of carbonyl (C=O) groups is 1. The summed E-state index contributed by atoms with van der Waals surface area (Å²) in [6.07, 6.45) is -5.49. The summed E-state index contributed by atoms with van der Waals surface area (Å²) in [5.41, 5.74) is -0.298. The molecule has 0 saturated carbocycles. The number of halogens is 4. The molecule has 0 aliphatic carbocycles. The van der Waals surface area contributed by atoms with Gasteiger partial charge in [0, 0.05) is 24.6 Å². The highest BCUT2D eigenvalue weighted by molar-refractivity contribution is 6.33. The SMILES string of the molecule is O=C(NCCCC(F)(F)F)c1ccc([N+](=O)[O-])c(Cl)c1. The molecule has 0 bridgehead atoms. The van der Waals surface area contributed by atoms with E-state index in [4.69, 9.17) is 11.6 Å². The summed E-state index contributed by atoms with van der Waals surface area (Å²) in [6.45, 7) is -0.146. The highest BCUT2D eigenvalue weighted by atomic mass is 35.5. The molecule has 5 nitrogen and oxygen atoms in total. The Bertz CT molecular complexity index is 520. The van der Waals surface area contributed by atoms with E-state index in [1.54, 1.807) is 0 Å². The fraction of sp³-hybridized carbons (Fsp3) is 0.364. The summed E-state index contributed by atoms with van der Waals surface area (Å²) < 4.78 is 35.6. The van der Waals surface area contributed by atoms with Gasteiger partial charge in [0.2, 0.25) is 0 Å². The first-order chi connectivity index (χ1) is 9.20. The summed E-state index contributed by atoms with van der Waals surface area (Å²) in [6, 6.07) is 3.34. The molecule has 0 unspecified atom stereocenters. The molecule has 0 spiro atoms. The molecule has 1 aromatic carbocycles. The largest absolute Gasteiger partial charge is 0.389 e. The van der Waals surface area contributed by atoms with Crippen molar-refractivity contribution >= 4 is 23.2 Å². The second-order valence-electron chi connectivity index (χ2n) is 3.90. The van der Waals surface area contributed by atoms with Gasteiger partial charge in [0.25, 0.3) is 11.6 Å². The summed E-state index contributed by atoms with van der Waals surface area (Å²) in [4.78, 5) is 21.4. The first-order valence-corrected chi connectivity index (χ1v) is 5.87. The van der Waals surface area contributed by atoms with Crippen LogP contribution in [0.4, 0.5) is 18.9 Å². The maximum absolute atomic E-state index is 11.9. The normalized spacial score (nSPS) is 11.2. The highest BCUT2D eigenvalue weighted by Crippen LogP contribution is 2.25. The summed E-state index contributed by atoms with van der Waals surface area (Å²) in [7, 11) is 0. The zero-order chi connectivity index (χ0) is 15.3. The lowest BCUT2D eigenvalue weighted by atomic mass is 10.2. The van der Waals surface area contributed by atoms with Crippen LogP contribution in [0.2, 0.25) is 5.02 Å². The second kappa shape index (κ2) is 6.56. The van der Waals surface area contributed by atoms with Crippen LogP contribution >= 0.6 is 11.6 Å². The smallest absolute Gasteiger partial charge is 0.352 e. The summed E-state index contributed by atoms with van der Waals surface area (Å²) in [5, 5.41) is 12.6. The molecule has 0 aliphatic heterocycles. The number of nitro benzene ring substituents is 1. The number of benzene rings is 1. The molecule has 0 saturated heterocycles. The van der Waals surface area contributed by atoms with Gasteiger partial charge in [-0.3, -0.25) is 14.9 Å². The topological polar surface area (TPSA) is 72.2 Å². The average Bonchev–Trinajstić information content (AvgIpc) is 2.32. The Morgan fingerprint density at radius 2 is 2.05 bits per heavy atom. The number of rotatable bonds is 5. The predicted octanol–water partition coefficient (Wildman–Crippen LogP) is 3.32. The molecular weight excluding hydrogens is 301 g/mol. The number of nitrogens with one attached hydrogen (secondary N) is 1. The number of hydrogen-bond donors (Lipinski definition) is 1. The monoisotopic (exact) mass is 310 g/mol. The highest BCUT2D eigenvalue weighted by Gasteiger charge is 2.26. The Kier molecular flexibility index (Phi) is 5.32. The van der Waals surface area contributed by atoms with Crippen molar-refractivity contribution in [2.75, 3.05) is 6.54 Å². The third-order valence-electron chi connectivity index (χ3n) is 2.33. The minimum absolute atomic E-state index is 0.0487. The molecule has 20 heavy (non-hydrogen) atoms. The van der Waals surface area contributed by atoms with Gasteiger partial charge in [-0.25, -0.2) is 0 Å². The molecule has 0 aliphatic rings. The van der Waals surface area contributed by atoms with Crippen molar-refractivity contribution in [3.05, 3.63) is 38.9 Å². The van der Waals surface area contributed by atoms with Crippen LogP contribution in [0.25, 0.3) is 0 Å². The molecule has 1 rings (SSSR count). The molecule has 1 aromatic rings. The third kappa shape index (κ3) is 5.04. The van der Waals surface area contributed by atoms with E-state index < -0.39 is 23.4 Å². The first kappa shape index (κ1) is 16.2. The Hall–Kier alpha value is -1.83. The van der Waals surface area contributed by atoms with Crippen LogP contribution < -0.4 is 5.32 Å². The van der Waals surface area contributed by atoms with Crippen molar-refractivity contribution in [2.24, 2.45) is 0 Å². The Morgan fingerprint density at radius 3 is 2.55 bits per heavy atom. The van der Waals surface area contributed by atoms with Gasteiger partial charge in [-0.15, -0.1) is 0 Å². The Morgan fingerprint density at radius 1 is 1.40 bits per heavy atom. The molecule has 1 N–H and O–H groups in total. The van der Waals surface area contributed by atoms with Crippen LogP contribution in [0.3, 0.4) is 0 Å². The first-order valence-electron chi connectivity index (χ1n) is 5.49. The van der Waals surface area contributed by atoms with Crippen molar-refractivity contribution in [1.82, 2.24) is 5.32 Å². The maximum Gasteiger partial charge on any atom is 0.389 e. The molecule has 0 aromatic heterocycles. The zero-order valence-electron chi connectivity index (χ0n) is 10.0. The van der Waals surface area contributed by atoms with E-state index >= 15 is 0 Å². The molecule has 0 radical (unpaired) electrons. The number of nitro groups is 1. The maximum atomic E-state index is 11.9. The lowest BCUT2D eigenvalue weighted by Gasteiger charge is -2.07. The van der Waals surface area contributed by atoms with Crippen molar-refractivity contribution < 1.29 is 22.9 Å². The average molecular weight is 311 g/mol. The van der Waals surface area contributed by atoms with Crippen molar-refractivity contribution in [2.45, 2.75) is 19.0 Å². The number of nitrogens with zero attached hydrogens (tertiary/aromatic N) is 1. The predicted molar refractivity (Wildman–Crippen MR) is 65.7 cm³/mol. The van der Waals surface area contributed by atoms with Crippen LogP contribution in [-0.4, -0.2) is 23.6 Å². The van der Waals surface area contributed by atoms with Gasteiger partial charge >= 0.3 is 6.18 Å². The molecule has 0 atom stereocenters. The van der Waals surface area contributed by atoms with Gasteiger partial charge in [0.05, 0.1) is 4.92 Å². The summed E-state index contributed by atoms with van der Waals surface area (Å²) in [5.74, 6) is -0.635. The minimum Gasteiger partial charge on any atom is -0.352 e. The number of carbonyl (C=O) groups excluding carboxylic acids is 1. The van der Waals surface area contributed by atoms with E-state index in [0.717, 1.165) is 12.1 Å². The van der Waals surface area contributed by atoms with E-state index in [-0.39, 0.29) is 29.2 Å². The van der Waals surface area contributed by atoms with E-state index in [9.17, 15) is 28.1 Å². The van der Waals surface area contributed by atoms with E-state index in [1.165, 1.54) is 6.07 Å². The van der Waals surface area contributed by atoms with Crippen LogP contribution in [-0.2, 0) is 0 Å². The molecule has 0 fully saturated rings. The van der Waals surface area contributed by atoms with Crippen LogP contribution in [0.1, 0.15) is 23.2 Å². The molecule has 0 heterocycles. The van der Waals surface area contributed by atoms with E-state index in [2.05, 4.69) is 5.32 Å². The van der Waals surface area contributed by atoms with Crippen molar-refractivity contribution in [1.29, 1.82) is 0 Å². The molecule has 110 valence electrons.